The monoisotopic (exact) mass is 297 g/mol. The zero-order valence-corrected chi connectivity index (χ0v) is 12.4. The molecule has 2 aromatic carbocycles. The highest BCUT2D eigenvalue weighted by Gasteiger charge is 2.12. The first-order chi connectivity index (χ1) is 10.6. The average molecular weight is 297 g/mol. The number of aromatic nitrogens is 2. The van der Waals surface area contributed by atoms with E-state index < -0.39 is 6.10 Å². The van der Waals surface area contributed by atoms with E-state index in [2.05, 4.69) is 4.98 Å². The normalized spacial score (nSPS) is 12.5. The lowest BCUT2D eigenvalue weighted by Crippen LogP contribution is -2.24. The van der Waals surface area contributed by atoms with Crippen LogP contribution in [-0.2, 0) is 6.54 Å². The number of imidazole rings is 1. The minimum absolute atomic E-state index is 0.204. The van der Waals surface area contributed by atoms with E-state index in [0.717, 1.165) is 16.9 Å². The number of nitrogens with zero attached hydrogens (tertiary/aromatic N) is 2. The van der Waals surface area contributed by atoms with Crippen molar-refractivity contribution < 1.29 is 9.84 Å². The van der Waals surface area contributed by atoms with Gasteiger partial charge in [-0.05, 0) is 31.2 Å². The largest absolute Gasteiger partial charge is 0.491 e. The van der Waals surface area contributed by atoms with Crippen molar-refractivity contribution in [2.75, 3.05) is 12.3 Å². The third kappa shape index (κ3) is 3.04. The number of hydrogen-bond acceptors (Lipinski definition) is 4. The second-order valence-electron chi connectivity index (χ2n) is 5.30. The Kier molecular flexibility index (Phi) is 3.98. The van der Waals surface area contributed by atoms with Crippen LogP contribution in [0.1, 0.15) is 5.82 Å². The minimum Gasteiger partial charge on any atom is -0.491 e. The maximum atomic E-state index is 10.2. The molecule has 0 aliphatic heterocycles. The van der Waals surface area contributed by atoms with Crippen molar-refractivity contribution in [1.82, 2.24) is 9.55 Å². The lowest BCUT2D eigenvalue weighted by atomic mass is 10.3. The molecule has 0 saturated heterocycles. The molecule has 0 amide bonds. The fraction of sp³-hybridized carbons (Fsp3) is 0.235. The quantitative estimate of drug-likeness (QED) is 0.709. The van der Waals surface area contributed by atoms with E-state index in [1.54, 1.807) is 12.1 Å². The Morgan fingerprint density at radius 3 is 2.86 bits per heavy atom. The molecule has 0 fully saturated rings. The number of benzene rings is 2. The van der Waals surface area contributed by atoms with Gasteiger partial charge >= 0.3 is 0 Å². The van der Waals surface area contributed by atoms with E-state index in [-0.39, 0.29) is 6.61 Å². The van der Waals surface area contributed by atoms with Crippen molar-refractivity contribution in [3.63, 3.8) is 0 Å². The zero-order chi connectivity index (χ0) is 15.5. The Balaban J connectivity index is 1.68. The van der Waals surface area contributed by atoms with Crippen LogP contribution in [0.15, 0.2) is 48.5 Å². The summed E-state index contributed by atoms with van der Waals surface area (Å²) in [5.41, 5.74) is 8.29. The van der Waals surface area contributed by atoms with E-state index in [0.29, 0.717) is 18.0 Å². The van der Waals surface area contributed by atoms with Gasteiger partial charge < -0.3 is 20.1 Å². The number of ether oxygens (including phenoxy) is 1. The van der Waals surface area contributed by atoms with Crippen molar-refractivity contribution in [3.05, 3.63) is 54.4 Å². The zero-order valence-electron chi connectivity index (χ0n) is 12.4. The van der Waals surface area contributed by atoms with Gasteiger partial charge in [-0.1, -0.05) is 18.2 Å². The highest BCUT2D eigenvalue weighted by molar-refractivity contribution is 5.75. The van der Waals surface area contributed by atoms with Crippen molar-refractivity contribution in [1.29, 1.82) is 0 Å². The van der Waals surface area contributed by atoms with E-state index in [4.69, 9.17) is 10.5 Å². The van der Waals surface area contributed by atoms with Crippen LogP contribution in [0.25, 0.3) is 11.0 Å². The summed E-state index contributed by atoms with van der Waals surface area (Å²) < 4.78 is 7.59. The first-order valence-electron chi connectivity index (χ1n) is 7.22. The number of fused-ring (bicyclic) bond motifs is 1. The molecule has 5 nitrogen and oxygen atoms in total. The summed E-state index contributed by atoms with van der Waals surface area (Å²) in [6, 6.07) is 15.1. The molecule has 0 spiro atoms. The molecule has 3 aromatic rings. The summed E-state index contributed by atoms with van der Waals surface area (Å²) in [5.74, 6) is 1.54. The number of hydrogen-bond donors (Lipinski definition) is 2. The molecule has 0 bridgehead atoms. The van der Waals surface area contributed by atoms with E-state index in [1.165, 1.54) is 0 Å². The van der Waals surface area contributed by atoms with Gasteiger partial charge in [0.05, 0.1) is 17.6 Å². The lowest BCUT2D eigenvalue weighted by Gasteiger charge is -2.15. The fourth-order valence-electron chi connectivity index (χ4n) is 2.49. The molecule has 1 heterocycles. The van der Waals surface area contributed by atoms with Crippen LogP contribution in [0.4, 0.5) is 5.69 Å². The lowest BCUT2D eigenvalue weighted by molar-refractivity contribution is 0.0929. The summed E-state index contributed by atoms with van der Waals surface area (Å²) in [5, 5.41) is 10.2. The third-order valence-corrected chi connectivity index (χ3v) is 3.54. The molecule has 5 heteroatoms. The molecule has 22 heavy (non-hydrogen) atoms. The van der Waals surface area contributed by atoms with Crippen molar-refractivity contribution in [2.24, 2.45) is 0 Å². The summed E-state index contributed by atoms with van der Waals surface area (Å²) in [6.07, 6.45) is -0.627. The molecular formula is C17H19N3O2. The number of aliphatic hydroxyl groups excluding tert-OH is 1. The Morgan fingerprint density at radius 2 is 2.05 bits per heavy atom. The van der Waals surface area contributed by atoms with E-state index >= 15 is 0 Å². The maximum Gasteiger partial charge on any atom is 0.121 e. The SMILES string of the molecule is Cc1nc2ccccc2n1C[C@@H](O)COc1cccc(N)c1. The summed E-state index contributed by atoms with van der Waals surface area (Å²) in [6.45, 7) is 2.58. The second-order valence-corrected chi connectivity index (χ2v) is 5.30. The van der Waals surface area contributed by atoms with Gasteiger partial charge in [-0.15, -0.1) is 0 Å². The number of para-hydroxylation sites is 2. The molecular weight excluding hydrogens is 278 g/mol. The van der Waals surface area contributed by atoms with Crippen LogP contribution in [0.5, 0.6) is 5.75 Å². The smallest absolute Gasteiger partial charge is 0.121 e. The predicted molar refractivity (Wildman–Crippen MR) is 86.8 cm³/mol. The molecule has 3 rings (SSSR count). The highest BCUT2D eigenvalue weighted by Crippen LogP contribution is 2.17. The van der Waals surface area contributed by atoms with Crippen LogP contribution in [0.2, 0.25) is 0 Å². The molecule has 1 aromatic heterocycles. The second kappa shape index (κ2) is 6.07. The standard InChI is InChI=1S/C17H19N3O2/c1-12-19-16-7-2-3-8-17(16)20(12)10-14(21)11-22-15-6-4-5-13(18)9-15/h2-9,14,21H,10-11,18H2,1H3/t14-/m1/s1. The van der Waals surface area contributed by atoms with Gasteiger partial charge in [0.2, 0.25) is 0 Å². The molecule has 1 atom stereocenters. The van der Waals surface area contributed by atoms with Gasteiger partial charge in [-0.25, -0.2) is 4.98 Å². The Bertz CT molecular complexity index is 782. The fourth-order valence-corrected chi connectivity index (χ4v) is 2.49. The van der Waals surface area contributed by atoms with Crippen LogP contribution in [-0.4, -0.2) is 27.4 Å². The van der Waals surface area contributed by atoms with Gasteiger partial charge in [-0.2, -0.15) is 0 Å². The average Bonchev–Trinajstić information content (AvgIpc) is 2.81. The van der Waals surface area contributed by atoms with Crippen LogP contribution in [0, 0.1) is 6.92 Å². The highest BCUT2D eigenvalue weighted by atomic mass is 16.5. The van der Waals surface area contributed by atoms with Crippen LogP contribution < -0.4 is 10.5 Å². The van der Waals surface area contributed by atoms with E-state index in [1.807, 2.05) is 47.9 Å². The molecule has 3 N–H and O–H groups in total. The Labute approximate surface area is 129 Å². The summed E-state index contributed by atoms with van der Waals surface area (Å²) >= 11 is 0. The van der Waals surface area contributed by atoms with Gasteiger partial charge in [0, 0.05) is 11.8 Å². The first kappa shape index (κ1) is 14.4. The van der Waals surface area contributed by atoms with Crippen LogP contribution in [0.3, 0.4) is 0 Å². The number of nitrogens with two attached hydrogens (primary N) is 1. The van der Waals surface area contributed by atoms with Gasteiger partial charge in [0.15, 0.2) is 0 Å². The number of aryl methyl sites for hydroxylation is 1. The van der Waals surface area contributed by atoms with Gasteiger partial charge in [0.1, 0.15) is 24.3 Å². The first-order valence-corrected chi connectivity index (χ1v) is 7.22. The number of rotatable bonds is 5. The van der Waals surface area contributed by atoms with Crippen LogP contribution >= 0.6 is 0 Å². The Morgan fingerprint density at radius 1 is 1.23 bits per heavy atom. The number of aliphatic hydroxyl groups is 1. The van der Waals surface area contributed by atoms with E-state index in [9.17, 15) is 5.11 Å². The summed E-state index contributed by atoms with van der Waals surface area (Å²) in [4.78, 5) is 4.49. The molecule has 114 valence electrons. The van der Waals surface area contributed by atoms with Gasteiger partial charge in [0.25, 0.3) is 0 Å². The maximum absolute atomic E-state index is 10.2. The third-order valence-electron chi connectivity index (χ3n) is 3.54. The molecule has 0 aliphatic rings. The van der Waals surface area contributed by atoms with Gasteiger partial charge in [-0.3, -0.25) is 0 Å². The number of nitrogen functional groups attached to an aromatic ring is 1. The topological polar surface area (TPSA) is 73.3 Å². The molecule has 0 unspecified atom stereocenters. The molecule has 0 aliphatic carbocycles. The molecule has 0 saturated carbocycles. The predicted octanol–water partition coefficient (Wildman–Crippen LogP) is 2.37. The number of anilines is 1. The molecule has 0 radical (unpaired) electrons. The van der Waals surface area contributed by atoms with Crippen molar-refractivity contribution >= 4 is 16.7 Å². The Hall–Kier alpha value is -2.53. The minimum atomic E-state index is -0.627. The summed E-state index contributed by atoms with van der Waals surface area (Å²) in [7, 11) is 0. The van der Waals surface area contributed by atoms with Crippen molar-refractivity contribution in [2.45, 2.75) is 19.6 Å². The van der Waals surface area contributed by atoms with Crippen molar-refractivity contribution in [3.8, 4) is 5.75 Å².